The zero-order chi connectivity index (χ0) is 16.9. The fourth-order valence-corrected chi connectivity index (χ4v) is 3.15. The first kappa shape index (κ1) is 17.1. The van der Waals surface area contributed by atoms with E-state index in [4.69, 9.17) is 0 Å². The second-order valence-electron chi connectivity index (χ2n) is 6.40. The Labute approximate surface area is 142 Å². The van der Waals surface area contributed by atoms with E-state index in [1.165, 1.54) is 0 Å². The third-order valence-electron chi connectivity index (χ3n) is 4.63. The predicted octanol–water partition coefficient (Wildman–Crippen LogP) is -0.247. The van der Waals surface area contributed by atoms with Crippen LogP contribution in [0.2, 0.25) is 0 Å². The lowest BCUT2D eigenvalue weighted by atomic mass is 10.2. The molecule has 1 aliphatic rings. The molecule has 0 bridgehead atoms. The minimum absolute atomic E-state index is 0.387. The van der Waals surface area contributed by atoms with Crippen molar-refractivity contribution < 1.29 is 5.11 Å². The molecule has 8 heteroatoms. The number of aromatic nitrogens is 5. The molecule has 0 unspecified atom stereocenters. The van der Waals surface area contributed by atoms with Gasteiger partial charge in [0, 0.05) is 58.6 Å². The second-order valence-corrected chi connectivity index (χ2v) is 6.40. The van der Waals surface area contributed by atoms with Crippen molar-refractivity contribution in [2.75, 3.05) is 32.7 Å². The molecule has 0 radical (unpaired) electrons. The molecule has 2 aromatic heterocycles. The fourth-order valence-electron chi connectivity index (χ4n) is 3.15. The van der Waals surface area contributed by atoms with Gasteiger partial charge < -0.3 is 9.67 Å². The van der Waals surface area contributed by atoms with Crippen LogP contribution in [0.1, 0.15) is 18.6 Å². The number of rotatable bonds is 7. The number of aliphatic hydroxyl groups excluding tert-OH is 1. The fraction of sp³-hybridized carbons (Fsp3) is 0.688. The summed E-state index contributed by atoms with van der Waals surface area (Å²) in [6.45, 7) is 8.09. The number of piperazine rings is 1. The number of aryl methyl sites for hydroxylation is 1. The molecule has 1 saturated heterocycles. The molecule has 1 N–H and O–H groups in total. The van der Waals surface area contributed by atoms with Gasteiger partial charge in [0.15, 0.2) is 0 Å². The van der Waals surface area contributed by atoms with Gasteiger partial charge in [-0.2, -0.15) is 5.10 Å². The third-order valence-corrected chi connectivity index (χ3v) is 4.63. The minimum Gasteiger partial charge on any atom is -0.390 e. The van der Waals surface area contributed by atoms with E-state index in [9.17, 15) is 5.11 Å². The highest BCUT2D eigenvalue weighted by molar-refractivity contribution is 4.95. The first-order valence-corrected chi connectivity index (χ1v) is 8.63. The van der Waals surface area contributed by atoms with Crippen molar-refractivity contribution in [2.24, 2.45) is 7.05 Å². The van der Waals surface area contributed by atoms with Gasteiger partial charge >= 0.3 is 0 Å². The van der Waals surface area contributed by atoms with Gasteiger partial charge in [0.2, 0.25) is 0 Å². The topological polar surface area (TPSA) is 75.2 Å². The molecule has 1 atom stereocenters. The molecular weight excluding hydrogens is 306 g/mol. The summed E-state index contributed by atoms with van der Waals surface area (Å²) in [7, 11) is 2.04. The van der Waals surface area contributed by atoms with Gasteiger partial charge in [-0.15, -0.1) is 10.2 Å². The molecule has 3 rings (SSSR count). The number of hydrogen-bond donors (Lipinski definition) is 1. The molecule has 1 fully saturated rings. The predicted molar refractivity (Wildman–Crippen MR) is 90.3 cm³/mol. The van der Waals surface area contributed by atoms with Crippen LogP contribution < -0.4 is 0 Å². The van der Waals surface area contributed by atoms with Crippen molar-refractivity contribution in [3.8, 4) is 0 Å². The highest BCUT2D eigenvalue weighted by Crippen LogP contribution is 2.09. The maximum atomic E-state index is 10.2. The van der Waals surface area contributed by atoms with E-state index in [1.54, 1.807) is 10.9 Å². The second kappa shape index (κ2) is 7.87. The summed E-state index contributed by atoms with van der Waals surface area (Å²) >= 11 is 0. The lowest BCUT2D eigenvalue weighted by Gasteiger charge is -2.35. The summed E-state index contributed by atoms with van der Waals surface area (Å²) in [6.07, 6.45) is 4.14. The molecule has 0 aliphatic carbocycles. The standard InChI is InChI=1S/C16H27N7O/c1-3-15-18-19-16(20(15)2)13-22-9-7-21(8-10-22)11-14(24)12-23-6-4-5-17-23/h4-6,14,24H,3,7-13H2,1-2H3/t14-/m1/s1. The Kier molecular flexibility index (Phi) is 5.60. The van der Waals surface area contributed by atoms with Crippen LogP contribution in [0.15, 0.2) is 18.5 Å². The molecule has 3 heterocycles. The highest BCUT2D eigenvalue weighted by Gasteiger charge is 2.21. The van der Waals surface area contributed by atoms with Crippen LogP contribution in [0.3, 0.4) is 0 Å². The van der Waals surface area contributed by atoms with Crippen LogP contribution in [-0.2, 0) is 26.6 Å². The van der Waals surface area contributed by atoms with Crippen LogP contribution in [0, 0.1) is 0 Å². The number of hydrogen-bond acceptors (Lipinski definition) is 6. The highest BCUT2D eigenvalue weighted by atomic mass is 16.3. The van der Waals surface area contributed by atoms with Crippen LogP contribution in [0.5, 0.6) is 0 Å². The molecule has 0 spiro atoms. The Bertz CT molecular complexity index is 616. The van der Waals surface area contributed by atoms with Gasteiger partial charge in [-0.3, -0.25) is 14.5 Å². The average molecular weight is 333 g/mol. The summed E-state index contributed by atoms with van der Waals surface area (Å²) < 4.78 is 3.88. The Hall–Kier alpha value is -1.77. The van der Waals surface area contributed by atoms with Gasteiger partial charge in [0.1, 0.15) is 11.6 Å². The Morgan fingerprint density at radius 2 is 1.79 bits per heavy atom. The number of nitrogens with zero attached hydrogens (tertiary/aromatic N) is 7. The smallest absolute Gasteiger partial charge is 0.146 e. The monoisotopic (exact) mass is 333 g/mol. The van der Waals surface area contributed by atoms with Crippen molar-refractivity contribution in [2.45, 2.75) is 32.5 Å². The molecular formula is C16H27N7O. The van der Waals surface area contributed by atoms with Crippen molar-refractivity contribution in [3.05, 3.63) is 30.1 Å². The van der Waals surface area contributed by atoms with Crippen LogP contribution in [0.4, 0.5) is 0 Å². The van der Waals surface area contributed by atoms with E-state index in [2.05, 4.69) is 36.6 Å². The quantitative estimate of drug-likeness (QED) is 0.753. The van der Waals surface area contributed by atoms with Crippen LogP contribution in [0.25, 0.3) is 0 Å². The van der Waals surface area contributed by atoms with Crippen molar-refractivity contribution in [3.63, 3.8) is 0 Å². The minimum atomic E-state index is -0.387. The Balaban J connectivity index is 1.43. The third kappa shape index (κ3) is 4.19. The molecule has 132 valence electrons. The molecule has 8 nitrogen and oxygen atoms in total. The molecule has 1 aliphatic heterocycles. The van der Waals surface area contributed by atoms with Crippen molar-refractivity contribution >= 4 is 0 Å². The first-order chi connectivity index (χ1) is 11.7. The maximum absolute atomic E-state index is 10.2. The Morgan fingerprint density at radius 1 is 1.08 bits per heavy atom. The lowest BCUT2D eigenvalue weighted by molar-refractivity contribution is 0.0595. The van der Waals surface area contributed by atoms with E-state index >= 15 is 0 Å². The summed E-state index contributed by atoms with van der Waals surface area (Å²) in [5.74, 6) is 2.06. The summed E-state index contributed by atoms with van der Waals surface area (Å²) in [6, 6.07) is 1.88. The summed E-state index contributed by atoms with van der Waals surface area (Å²) in [4.78, 5) is 4.72. The van der Waals surface area contributed by atoms with Gasteiger partial charge in [0.05, 0.1) is 19.2 Å². The molecule has 0 amide bonds. The molecule has 24 heavy (non-hydrogen) atoms. The van der Waals surface area contributed by atoms with E-state index in [1.807, 2.05) is 19.3 Å². The molecule has 2 aromatic rings. The summed E-state index contributed by atoms with van der Waals surface area (Å²) in [5.41, 5.74) is 0. The average Bonchev–Trinajstić information content (AvgIpc) is 3.20. The van der Waals surface area contributed by atoms with E-state index in [0.29, 0.717) is 13.1 Å². The zero-order valence-corrected chi connectivity index (χ0v) is 14.5. The first-order valence-electron chi connectivity index (χ1n) is 8.63. The Morgan fingerprint density at radius 3 is 2.42 bits per heavy atom. The van der Waals surface area contributed by atoms with E-state index < -0.39 is 0 Å². The van der Waals surface area contributed by atoms with Gasteiger partial charge in [-0.1, -0.05) is 6.92 Å². The normalized spacial score (nSPS) is 18.1. The van der Waals surface area contributed by atoms with Gasteiger partial charge in [-0.05, 0) is 6.07 Å². The zero-order valence-electron chi connectivity index (χ0n) is 14.5. The molecule has 0 aromatic carbocycles. The van der Waals surface area contributed by atoms with E-state index in [-0.39, 0.29) is 6.10 Å². The number of aliphatic hydroxyl groups is 1. The van der Waals surface area contributed by atoms with Crippen LogP contribution in [-0.4, -0.2) is 78.3 Å². The van der Waals surface area contributed by atoms with Crippen LogP contribution >= 0.6 is 0 Å². The maximum Gasteiger partial charge on any atom is 0.146 e. The summed E-state index contributed by atoms with van der Waals surface area (Å²) in [5, 5.41) is 22.9. The lowest BCUT2D eigenvalue weighted by Crippen LogP contribution is -2.48. The van der Waals surface area contributed by atoms with Crippen molar-refractivity contribution in [1.29, 1.82) is 0 Å². The largest absolute Gasteiger partial charge is 0.390 e. The van der Waals surface area contributed by atoms with Crippen molar-refractivity contribution in [1.82, 2.24) is 34.3 Å². The number of β-amino-alcohol motifs (C(OH)–C–C–N with tert-alkyl or cyclic N) is 1. The molecule has 0 saturated carbocycles. The van der Waals surface area contributed by atoms with Gasteiger partial charge in [0.25, 0.3) is 0 Å². The van der Waals surface area contributed by atoms with Gasteiger partial charge in [-0.25, -0.2) is 0 Å². The SMILES string of the molecule is CCc1nnc(CN2CCN(C[C@@H](O)Cn3cccn3)CC2)n1C. The van der Waals surface area contributed by atoms with E-state index in [0.717, 1.165) is 50.8 Å².